The van der Waals surface area contributed by atoms with Crippen molar-refractivity contribution in [1.29, 1.82) is 5.26 Å². The van der Waals surface area contributed by atoms with Gasteiger partial charge in [0.2, 0.25) is 5.95 Å². The Labute approximate surface area is 261 Å². The predicted molar refractivity (Wildman–Crippen MR) is 172 cm³/mol. The summed E-state index contributed by atoms with van der Waals surface area (Å²) in [5, 5.41) is 13.3. The second-order valence-corrected chi connectivity index (χ2v) is 13.5. The van der Waals surface area contributed by atoms with E-state index in [0.29, 0.717) is 17.2 Å². The number of benzene rings is 2. The molecule has 4 heterocycles. The smallest absolute Gasteiger partial charge is 0.225 e. The molecule has 3 aromatic rings. The first-order valence-corrected chi connectivity index (χ1v) is 16.2. The molecule has 0 atom stereocenters. The SMILES string of the molecule is CC(C)(c1ccc(OCc2ccnc(N3CCC(C4CCN(CC5CNC5)CC4)CC3)n2)cc1)c1cc(Cl)cc(C#N)c1. The number of ether oxygens (including phenoxy) is 1. The molecule has 6 rings (SSSR count). The Morgan fingerprint density at radius 1 is 0.953 bits per heavy atom. The minimum Gasteiger partial charge on any atom is -0.487 e. The Hall–Kier alpha value is -3.18. The van der Waals surface area contributed by atoms with Crippen LogP contribution in [0.2, 0.25) is 5.02 Å². The van der Waals surface area contributed by atoms with Crippen molar-refractivity contribution in [3.05, 3.63) is 82.1 Å². The molecule has 1 N–H and O–H groups in total. The number of nitrogens with one attached hydrogen (secondary N) is 1. The average Bonchev–Trinajstić information content (AvgIpc) is 3.02. The van der Waals surface area contributed by atoms with Gasteiger partial charge in [-0.3, -0.25) is 0 Å². The topological polar surface area (TPSA) is 77.3 Å². The van der Waals surface area contributed by atoms with Crippen LogP contribution in [0.25, 0.3) is 0 Å². The number of aromatic nitrogens is 2. The van der Waals surface area contributed by atoms with Gasteiger partial charge in [0.05, 0.1) is 17.3 Å². The summed E-state index contributed by atoms with van der Waals surface area (Å²) in [7, 11) is 0. The van der Waals surface area contributed by atoms with E-state index in [0.717, 1.165) is 59.4 Å². The number of anilines is 1. The molecule has 0 radical (unpaired) electrons. The molecule has 0 amide bonds. The van der Waals surface area contributed by atoms with Gasteiger partial charge in [-0.15, -0.1) is 0 Å². The highest BCUT2D eigenvalue weighted by Crippen LogP contribution is 2.35. The van der Waals surface area contributed by atoms with Crippen molar-refractivity contribution in [2.24, 2.45) is 17.8 Å². The molecular weight excluding hydrogens is 556 g/mol. The Balaban J connectivity index is 0.993. The zero-order valence-corrected chi connectivity index (χ0v) is 26.2. The standard InChI is InChI=1S/C35H43ClN6O/c1-35(2,30-17-25(20-37)18-31(36)19-30)29-3-5-33(6-4-29)43-24-32-7-12-39-34(40-32)42-15-10-28(11-16-42)27-8-13-41(14-9-27)23-26-21-38-22-26/h3-7,12,17-19,26-28,38H,8-11,13-16,21-24H2,1-2H3. The molecule has 0 unspecified atom stereocenters. The third-order valence-electron chi connectivity index (χ3n) is 9.92. The van der Waals surface area contributed by atoms with E-state index in [9.17, 15) is 5.26 Å². The third-order valence-corrected chi connectivity index (χ3v) is 10.1. The summed E-state index contributed by atoms with van der Waals surface area (Å²) in [6.45, 7) is 13.0. The quantitative estimate of drug-likeness (QED) is 0.321. The van der Waals surface area contributed by atoms with Crippen LogP contribution in [0.4, 0.5) is 5.95 Å². The number of likely N-dealkylation sites (tertiary alicyclic amines) is 1. The van der Waals surface area contributed by atoms with Gasteiger partial charge in [0, 0.05) is 49.4 Å². The molecule has 2 aromatic carbocycles. The lowest BCUT2D eigenvalue weighted by Gasteiger charge is -2.41. The molecule has 0 aliphatic carbocycles. The molecule has 0 bridgehead atoms. The van der Waals surface area contributed by atoms with Gasteiger partial charge in [0.25, 0.3) is 0 Å². The van der Waals surface area contributed by atoms with E-state index in [1.54, 1.807) is 6.07 Å². The summed E-state index contributed by atoms with van der Waals surface area (Å²) in [4.78, 5) is 14.5. The Morgan fingerprint density at radius 3 is 2.30 bits per heavy atom. The van der Waals surface area contributed by atoms with Crippen LogP contribution in [0.1, 0.15) is 61.9 Å². The van der Waals surface area contributed by atoms with E-state index in [1.807, 2.05) is 36.5 Å². The predicted octanol–water partition coefficient (Wildman–Crippen LogP) is 6.05. The zero-order chi connectivity index (χ0) is 29.8. The molecule has 226 valence electrons. The van der Waals surface area contributed by atoms with Gasteiger partial charge in [-0.25, -0.2) is 9.97 Å². The van der Waals surface area contributed by atoms with E-state index < -0.39 is 0 Å². The summed E-state index contributed by atoms with van der Waals surface area (Å²) in [5.74, 6) is 4.19. The third kappa shape index (κ3) is 7.15. The normalized spacial score (nSPS) is 19.2. The lowest BCUT2D eigenvalue weighted by molar-refractivity contribution is 0.109. The Kier molecular flexibility index (Phi) is 9.18. The number of piperidine rings is 2. The van der Waals surface area contributed by atoms with E-state index in [-0.39, 0.29) is 5.41 Å². The molecule has 3 fully saturated rings. The molecule has 0 saturated carbocycles. The number of hydrogen-bond acceptors (Lipinski definition) is 7. The molecule has 7 nitrogen and oxygen atoms in total. The molecule has 1 aromatic heterocycles. The van der Waals surface area contributed by atoms with Crippen molar-refractivity contribution in [2.45, 2.75) is 51.6 Å². The second-order valence-electron chi connectivity index (χ2n) is 13.1. The van der Waals surface area contributed by atoms with Gasteiger partial charge < -0.3 is 19.9 Å². The maximum absolute atomic E-state index is 9.36. The van der Waals surface area contributed by atoms with Gasteiger partial charge in [0.1, 0.15) is 12.4 Å². The van der Waals surface area contributed by atoms with Crippen LogP contribution >= 0.6 is 11.6 Å². The number of nitrogens with zero attached hydrogens (tertiary/aromatic N) is 5. The van der Waals surface area contributed by atoms with E-state index >= 15 is 0 Å². The summed E-state index contributed by atoms with van der Waals surface area (Å²) < 4.78 is 6.12. The van der Waals surface area contributed by atoms with Crippen molar-refractivity contribution in [2.75, 3.05) is 50.7 Å². The molecule has 3 aliphatic heterocycles. The van der Waals surface area contributed by atoms with Gasteiger partial charge in [-0.1, -0.05) is 37.6 Å². The van der Waals surface area contributed by atoms with Gasteiger partial charge in [0.15, 0.2) is 0 Å². The number of hydrogen-bond donors (Lipinski definition) is 1. The number of halogens is 1. The first-order chi connectivity index (χ1) is 20.9. The first-order valence-electron chi connectivity index (χ1n) is 15.8. The highest BCUT2D eigenvalue weighted by molar-refractivity contribution is 6.30. The first kappa shape index (κ1) is 29.9. The molecule has 3 saturated heterocycles. The van der Waals surface area contributed by atoms with Crippen LogP contribution in [-0.2, 0) is 12.0 Å². The molecule has 43 heavy (non-hydrogen) atoms. The zero-order valence-electron chi connectivity index (χ0n) is 25.4. The lowest BCUT2D eigenvalue weighted by Crippen LogP contribution is -2.50. The van der Waals surface area contributed by atoms with E-state index in [1.165, 1.54) is 58.4 Å². The van der Waals surface area contributed by atoms with Gasteiger partial charge in [-0.05, 0) is 104 Å². The average molecular weight is 599 g/mol. The van der Waals surface area contributed by atoms with Gasteiger partial charge in [-0.2, -0.15) is 5.26 Å². The summed E-state index contributed by atoms with van der Waals surface area (Å²) in [5.41, 5.74) is 3.26. The van der Waals surface area contributed by atoms with Crippen LogP contribution in [0.5, 0.6) is 5.75 Å². The maximum Gasteiger partial charge on any atom is 0.225 e. The maximum atomic E-state index is 9.36. The fourth-order valence-electron chi connectivity index (χ4n) is 6.94. The lowest BCUT2D eigenvalue weighted by atomic mass is 9.78. The number of rotatable bonds is 9. The van der Waals surface area contributed by atoms with E-state index in [4.69, 9.17) is 21.3 Å². The highest BCUT2D eigenvalue weighted by Gasteiger charge is 2.31. The molecule has 3 aliphatic rings. The molecule has 8 heteroatoms. The minimum absolute atomic E-state index is 0.311. The van der Waals surface area contributed by atoms with Crippen molar-refractivity contribution in [1.82, 2.24) is 20.2 Å². The fraction of sp³-hybridized carbons (Fsp3) is 0.514. The van der Waals surface area contributed by atoms with Gasteiger partial charge >= 0.3 is 0 Å². The highest BCUT2D eigenvalue weighted by atomic mass is 35.5. The van der Waals surface area contributed by atoms with Crippen LogP contribution in [0, 0.1) is 29.1 Å². The Morgan fingerprint density at radius 2 is 1.65 bits per heavy atom. The summed E-state index contributed by atoms with van der Waals surface area (Å²) >= 11 is 6.28. The van der Waals surface area contributed by atoms with Crippen molar-refractivity contribution >= 4 is 17.5 Å². The van der Waals surface area contributed by atoms with Crippen LogP contribution in [0.3, 0.4) is 0 Å². The molecular formula is C35H43ClN6O. The summed E-state index contributed by atoms with van der Waals surface area (Å²) in [6.07, 6.45) is 7.03. The van der Waals surface area contributed by atoms with Crippen molar-refractivity contribution in [3.63, 3.8) is 0 Å². The van der Waals surface area contributed by atoms with Crippen LogP contribution < -0.4 is 15.0 Å². The fourth-order valence-corrected chi connectivity index (χ4v) is 7.18. The van der Waals surface area contributed by atoms with E-state index in [2.05, 4.69) is 52.2 Å². The number of nitriles is 1. The summed E-state index contributed by atoms with van der Waals surface area (Å²) in [6, 6.07) is 17.8. The Bertz CT molecular complexity index is 1420. The second kappa shape index (κ2) is 13.2. The minimum atomic E-state index is -0.311. The van der Waals surface area contributed by atoms with Crippen LogP contribution in [-0.4, -0.2) is 60.7 Å². The largest absolute Gasteiger partial charge is 0.487 e. The monoisotopic (exact) mass is 598 g/mol. The molecule has 0 spiro atoms. The van der Waals surface area contributed by atoms with Crippen molar-refractivity contribution in [3.8, 4) is 11.8 Å². The van der Waals surface area contributed by atoms with Crippen molar-refractivity contribution < 1.29 is 4.74 Å². The van der Waals surface area contributed by atoms with Crippen LogP contribution in [0.15, 0.2) is 54.7 Å².